The maximum atomic E-state index is 15.5. The molecule has 0 saturated carbocycles. The smallest absolute Gasteiger partial charge is 0.335 e. The van der Waals surface area contributed by atoms with E-state index in [1.807, 2.05) is 24.8 Å². The van der Waals surface area contributed by atoms with Crippen LogP contribution in [0.15, 0.2) is 66.2 Å². The minimum atomic E-state index is -1.02. The largest absolute Gasteiger partial charge is 0.489 e. The minimum Gasteiger partial charge on any atom is -0.489 e. The van der Waals surface area contributed by atoms with Crippen LogP contribution in [0.1, 0.15) is 115 Å². The lowest BCUT2D eigenvalue weighted by Gasteiger charge is -2.37. The van der Waals surface area contributed by atoms with Crippen molar-refractivity contribution in [2.24, 2.45) is 0 Å². The number of benzene rings is 2. The third-order valence-electron chi connectivity index (χ3n) is 9.55. The molecule has 3 aliphatic rings. The first kappa shape index (κ1) is 39.6. The van der Waals surface area contributed by atoms with Gasteiger partial charge >= 0.3 is 5.97 Å². The van der Waals surface area contributed by atoms with E-state index >= 15 is 4.39 Å². The number of carboxylic acid groups (broad SMARTS) is 1. The molecule has 1 aliphatic carbocycles. The third kappa shape index (κ3) is 9.60. The summed E-state index contributed by atoms with van der Waals surface area (Å²) in [5.41, 5.74) is 5.16. The molecule has 0 spiro atoms. The molecule has 2 aromatic carbocycles. The highest BCUT2D eigenvalue weighted by Gasteiger charge is 2.26. The summed E-state index contributed by atoms with van der Waals surface area (Å²) in [4.78, 5) is 20.7. The molecule has 2 fully saturated rings. The molecule has 51 heavy (non-hydrogen) atoms. The van der Waals surface area contributed by atoms with Crippen molar-refractivity contribution >= 4 is 34.0 Å². The maximum absolute atomic E-state index is 15.5. The fourth-order valence-electron chi connectivity index (χ4n) is 6.45. The lowest BCUT2D eigenvalue weighted by Crippen LogP contribution is -2.44. The topological polar surface area (TPSA) is 100 Å². The van der Waals surface area contributed by atoms with Crippen LogP contribution in [-0.2, 0) is 16.1 Å². The Labute approximate surface area is 303 Å². The number of aliphatic hydroxyl groups excluding tert-OH is 1. The molecule has 2 N–H and O–H groups in total. The van der Waals surface area contributed by atoms with Gasteiger partial charge in [-0.1, -0.05) is 53.5 Å². The van der Waals surface area contributed by atoms with Crippen LogP contribution in [0.3, 0.4) is 0 Å². The van der Waals surface area contributed by atoms with Gasteiger partial charge in [0.25, 0.3) is 0 Å². The first-order valence-electron chi connectivity index (χ1n) is 18.7. The van der Waals surface area contributed by atoms with Crippen LogP contribution < -0.4 is 9.80 Å². The number of fused-ring (bicyclic) bond motifs is 1. The number of hydrogen-bond acceptors (Lipinski definition) is 7. The van der Waals surface area contributed by atoms with Crippen LogP contribution in [0, 0.1) is 0 Å². The van der Waals surface area contributed by atoms with Crippen molar-refractivity contribution in [3.05, 3.63) is 83.2 Å². The number of aromatic nitrogens is 2. The predicted molar refractivity (Wildman–Crippen MR) is 205 cm³/mol. The first-order chi connectivity index (χ1) is 24.6. The second-order valence-electron chi connectivity index (χ2n) is 13.1. The van der Waals surface area contributed by atoms with Crippen molar-refractivity contribution in [2.45, 2.75) is 112 Å². The number of ether oxygens (including phenoxy) is 2. The van der Waals surface area contributed by atoms with Gasteiger partial charge in [0.2, 0.25) is 0 Å². The molecule has 1 aromatic heterocycles. The molecule has 3 unspecified atom stereocenters. The average molecular weight is 705 g/mol. The molecule has 0 amide bonds. The number of imidazole rings is 1. The average Bonchev–Trinajstić information content (AvgIpc) is 3.70. The van der Waals surface area contributed by atoms with Crippen LogP contribution in [-0.4, -0.2) is 64.3 Å². The zero-order chi connectivity index (χ0) is 37.1. The van der Waals surface area contributed by atoms with E-state index in [9.17, 15) is 15.0 Å². The predicted octanol–water partition coefficient (Wildman–Crippen LogP) is 9.42. The minimum absolute atomic E-state index is 0.0355. The monoisotopic (exact) mass is 704 g/mol. The second kappa shape index (κ2) is 18.9. The maximum Gasteiger partial charge on any atom is 0.335 e. The lowest BCUT2D eigenvalue weighted by molar-refractivity contribution is 0.0697. The number of aromatic carboxylic acids is 1. The van der Waals surface area contributed by atoms with Crippen LogP contribution in [0.25, 0.3) is 16.6 Å². The summed E-state index contributed by atoms with van der Waals surface area (Å²) >= 11 is 0. The third-order valence-corrected chi connectivity index (χ3v) is 9.55. The van der Waals surface area contributed by atoms with Crippen molar-refractivity contribution < 1.29 is 28.9 Å². The van der Waals surface area contributed by atoms with Gasteiger partial charge in [0.05, 0.1) is 29.8 Å². The lowest BCUT2D eigenvalue weighted by atomic mass is 10.1. The highest BCUT2D eigenvalue weighted by Crippen LogP contribution is 2.35. The molecule has 9 nitrogen and oxygen atoms in total. The van der Waals surface area contributed by atoms with Gasteiger partial charge in [-0.3, -0.25) is 0 Å². The molecule has 2 saturated heterocycles. The number of rotatable bonds is 10. The van der Waals surface area contributed by atoms with E-state index in [4.69, 9.17) is 14.5 Å². The van der Waals surface area contributed by atoms with Crippen molar-refractivity contribution in [3.63, 3.8) is 0 Å². The Kier molecular flexibility index (Phi) is 14.7. The number of morpholine rings is 1. The van der Waals surface area contributed by atoms with Gasteiger partial charge in [-0.05, 0) is 75.6 Å². The molecular weight excluding hydrogens is 647 g/mol. The summed E-state index contributed by atoms with van der Waals surface area (Å²) in [6, 6.07) is 11.4. The molecular formula is C41H57FN4O5. The summed E-state index contributed by atoms with van der Waals surface area (Å²) < 4.78 is 29.5. The number of unbranched alkanes of at least 4 members (excludes halogenated alkanes) is 1. The van der Waals surface area contributed by atoms with E-state index in [0.717, 1.165) is 54.8 Å². The molecule has 6 rings (SSSR count). The standard InChI is InChI=1S/C35H41FN4O5.C4H10.C2H6/c1-4-22(2)40-32-11-8-25(35(42)43)18-30(32)37-34(40)24-7-10-29(19-27(36)16-24)45-21-26-17-28(39-13-5-6-33(39)41)9-12-31(26)38-14-15-44-20-23(38)3;1-3-4-2;1-2/h7-12,17-19,22-23,33,41H,4-6,13-16,20-21H2,1-3H3,(H,42,43);3-4H2,1-2H3;1-2H3. The van der Waals surface area contributed by atoms with E-state index in [2.05, 4.69) is 62.3 Å². The van der Waals surface area contributed by atoms with Gasteiger partial charge in [0.15, 0.2) is 0 Å². The van der Waals surface area contributed by atoms with Gasteiger partial charge in [-0.25, -0.2) is 14.2 Å². The zero-order valence-corrected chi connectivity index (χ0v) is 31.5. The molecule has 3 atom stereocenters. The van der Waals surface area contributed by atoms with Crippen molar-refractivity contribution in [1.29, 1.82) is 0 Å². The summed E-state index contributed by atoms with van der Waals surface area (Å²) in [7, 11) is 0. The number of hydrogen-bond donors (Lipinski definition) is 2. The van der Waals surface area contributed by atoms with Crippen molar-refractivity contribution in [3.8, 4) is 0 Å². The fraction of sp³-hybridized carbons (Fsp3) is 0.512. The fourth-order valence-corrected chi connectivity index (χ4v) is 6.45. The summed E-state index contributed by atoms with van der Waals surface area (Å²) in [5.74, 6) is -0.356. The normalized spacial score (nSPS) is 19.5. The Bertz CT molecular complexity index is 1710. The first-order valence-corrected chi connectivity index (χ1v) is 18.7. The summed E-state index contributed by atoms with van der Waals surface area (Å²) in [6.07, 6.45) is 9.72. The van der Waals surface area contributed by atoms with Crippen LogP contribution in [0.5, 0.6) is 0 Å². The second-order valence-corrected chi connectivity index (χ2v) is 13.1. The number of aliphatic hydroxyl groups is 1. The van der Waals surface area contributed by atoms with E-state index < -0.39 is 12.2 Å². The van der Waals surface area contributed by atoms with Crippen LogP contribution in [0.2, 0.25) is 0 Å². The molecule has 3 heterocycles. The molecule has 0 bridgehead atoms. The van der Waals surface area contributed by atoms with Crippen LogP contribution >= 0.6 is 0 Å². The summed E-state index contributed by atoms with van der Waals surface area (Å²) in [6.45, 7) is 17.7. The number of halogens is 1. The van der Waals surface area contributed by atoms with Gasteiger partial charge in [0.1, 0.15) is 30.2 Å². The Morgan fingerprint density at radius 3 is 2.49 bits per heavy atom. The van der Waals surface area contributed by atoms with E-state index in [1.165, 1.54) is 18.9 Å². The Balaban J connectivity index is 0.000000909. The zero-order valence-electron chi connectivity index (χ0n) is 31.5. The number of carboxylic acids is 1. The molecule has 0 radical (unpaired) electrons. The number of carbonyl (C=O) groups is 1. The van der Waals surface area contributed by atoms with Gasteiger partial charge in [0, 0.05) is 60.2 Å². The highest BCUT2D eigenvalue weighted by molar-refractivity contribution is 5.93. The Hall–Kier alpha value is -4.15. The Morgan fingerprint density at radius 1 is 1.08 bits per heavy atom. The SMILES string of the molecule is CC.CCC(C)n1c(C2=CC=C(OCc3cc(N4CCCC4O)ccc3N3CCOCC3C)C=C(F)C2)nc2cc(C(=O)O)ccc21.CCCC. The van der Waals surface area contributed by atoms with E-state index in [1.54, 1.807) is 24.3 Å². The highest BCUT2D eigenvalue weighted by atomic mass is 19.1. The Morgan fingerprint density at radius 2 is 1.84 bits per heavy atom. The van der Waals surface area contributed by atoms with Crippen molar-refractivity contribution in [2.75, 3.05) is 36.1 Å². The van der Waals surface area contributed by atoms with Gasteiger partial charge in [-0.2, -0.15) is 0 Å². The quantitative estimate of drug-likeness (QED) is 0.215. The summed E-state index contributed by atoms with van der Waals surface area (Å²) in [5, 5.41) is 20.0. The van der Waals surface area contributed by atoms with Gasteiger partial charge < -0.3 is 34.1 Å². The number of anilines is 2. The van der Waals surface area contributed by atoms with E-state index in [0.29, 0.717) is 35.9 Å². The number of allylic oxidation sites excluding steroid dienone is 5. The molecule has 10 heteroatoms. The molecule has 2 aliphatic heterocycles. The molecule has 278 valence electrons. The van der Waals surface area contributed by atoms with Crippen LogP contribution in [0.4, 0.5) is 15.8 Å². The number of nitrogens with zero attached hydrogens (tertiary/aromatic N) is 4. The van der Waals surface area contributed by atoms with Crippen molar-refractivity contribution in [1.82, 2.24) is 9.55 Å². The van der Waals surface area contributed by atoms with Gasteiger partial charge in [-0.15, -0.1) is 0 Å². The van der Waals surface area contributed by atoms with E-state index in [-0.39, 0.29) is 36.5 Å². The molecule has 3 aromatic rings.